The van der Waals surface area contributed by atoms with Crippen molar-refractivity contribution in [1.82, 2.24) is 5.32 Å². The highest BCUT2D eigenvalue weighted by Crippen LogP contribution is 2.09. The molecule has 0 aliphatic heterocycles. The van der Waals surface area contributed by atoms with Crippen molar-refractivity contribution in [2.24, 2.45) is 11.7 Å². The van der Waals surface area contributed by atoms with Crippen molar-refractivity contribution in [1.29, 1.82) is 0 Å². The molecule has 0 saturated carbocycles. The Morgan fingerprint density at radius 3 is 2.53 bits per heavy atom. The van der Waals surface area contributed by atoms with E-state index in [0.29, 0.717) is 5.75 Å². The van der Waals surface area contributed by atoms with Gasteiger partial charge in [0.2, 0.25) is 5.91 Å². The molecular formula is C10H22N2O2S. The second-order valence-corrected chi connectivity index (χ2v) is 5.28. The Morgan fingerprint density at radius 2 is 2.13 bits per heavy atom. The third-order valence-corrected chi connectivity index (χ3v) is 3.03. The Kier molecular flexibility index (Phi) is 6.24. The van der Waals surface area contributed by atoms with Gasteiger partial charge in [-0.15, -0.1) is 0 Å². The van der Waals surface area contributed by atoms with E-state index in [1.165, 1.54) is 0 Å². The maximum atomic E-state index is 11.5. The lowest BCUT2D eigenvalue weighted by atomic mass is 10.0. The van der Waals surface area contributed by atoms with Crippen molar-refractivity contribution in [2.75, 3.05) is 18.6 Å². The molecule has 2 atom stereocenters. The number of carbonyl (C=O) groups is 1. The Bertz CT molecular complexity index is 208. The summed E-state index contributed by atoms with van der Waals surface area (Å²) in [6.07, 6.45) is 1.91. The number of hydrogen-bond donors (Lipinski definition) is 3. The lowest BCUT2D eigenvalue weighted by molar-refractivity contribution is -0.124. The molecule has 2 unspecified atom stereocenters. The van der Waals surface area contributed by atoms with Crippen LogP contribution in [0.4, 0.5) is 0 Å². The van der Waals surface area contributed by atoms with E-state index in [1.54, 1.807) is 18.7 Å². The van der Waals surface area contributed by atoms with Gasteiger partial charge in [0.15, 0.2) is 0 Å². The van der Waals surface area contributed by atoms with Crippen molar-refractivity contribution < 1.29 is 9.90 Å². The minimum absolute atomic E-state index is 0.107. The maximum Gasteiger partial charge on any atom is 0.237 e. The fourth-order valence-corrected chi connectivity index (χ4v) is 1.78. The smallest absolute Gasteiger partial charge is 0.237 e. The summed E-state index contributed by atoms with van der Waals surface area (Å²) >= 11 is 1.54. The summed E-state index contributed by atoms with van der Waals surface area (Å²) in [5, 5.41) is 12.5. The third kappa shape index (κ3) is 6.02. The minimum atomic E-state index is -0.869. The fourth-order valence-electron chi connectivity index (χ4n) is 1.06. The van der Waals surface area contributed by atoms with E-state index >= 15 is 0 Å². The number of rotatable bonds is 6. The maximum absolute atomic E-state index is 11.5. The molecule has 0 bridgehead atoms. The van der Waals surface area contributed by atoms with Crippen LogP contribution in [0.15, 0.2) is 0 Å². The molecule has 0 aliphatic carbocycles. The van der Waals surface area contributed by atoms with Gasteiger partial charge in [-0.1, -0.05) is 13.8 Å². The summed E-state index contributed by atoms with van der Waals surface area (Å²) in [4.78, 5) is 11.5. The van der Waals surface area contributed by atoms with E-state index < -0.39 is 11.6 Å². The number of hydrogen-bond acceptors (Lipinski definition) is 4. The van der Waals surface area contributed by atoms with Crippen LogP contribution < -0.4 is 11.1 Å². The van der Waals surface area contributed by atoms with Crippen molar-refractivity contribution in [3.05, 3.63) is 0 Å². The van der Waals surface area contributed by atoms with Gasteiger partial charge in [0.1, 0.15) is 0 Å². The fraction of sp³-hybridized carbons (Fsp3) is 0.900. The van der Waals surface area contributed by atoms with Gasteiger partial charge in [-0.3, -0.25) is 4.79 Å². The molecule has 15 heavy (non-hydrogen) atoms. The standard InChI is InChI=1S/C10H22N2O2S/c1-7(2)8(11)9(13)12-5-10(3,14)6-15-4/h7-8,14H,5-6,11H2,1-4H3,(H,12,13). The second kappa shape index (κ2) is 6.35. The zero-order chi connectivity index (χ0) is 12.1. The minimum Gasteiger partial charge on any atom is -0.387 e. The van der Waals surface area contributed by atoms with Crippen LogP contribution in [0, 0.1) is 5.92 Å². The van der Waals surface area contributed by atoms with Gasteiger partial charge in [0.25, 0.3) is 0 Å². The molecule has 0 aromatic carbocycles. The average Bonchev–Trinajstić information content (AvgIpc) is 2.13. The van der Waals surface area contributed by atoms with Gasteiger partial charge in [0, 0.05) is 12.3 Å². The van der Waals surface area contributed by atoms with E-state index in [1.807, 2.05) is 20.1 Å². The SMILES string of the molecule is CSCC(C)(O)CNC(=O)C(N)C(C)C. The first-order valence-electron chi connectivity index (χ1n) is 5.05. The highest BCUT2D eigenvalue weighted by atomic mass is 32.2. The van der Waals surface area contributed by atoms with Gasteiger partial charge < -0.3 is 16.2 Å². The Balaban J connectivity index is 4.00. The molecule has 0 rings (SSSR count). The monoisotopic (exact) mass is 234 g/mol. The lowest BCUT2D eigenvalue weighted by Crippen LogP contribution is -2.49. The topological polar surface area (TPSA) is 75.3 Å². The van der Waals surface area contributed by atoms with Crippen LogP contribution in [0.3, 0.4) is 0 Å². The first-order chi connectivity index (χ1) is 6.80. The zero-order valence-corrected chi connectivity index (χ0v) is 10.7. The van der Waals surface area contributed by atoms with Crippen LogP contribution in [-0.4, -0.2) is 41.2 Å². The van der Waals surface area contributed by atoms with Gasteiger partial charge in [-0.2, -0.15) is 11.8 Å². The summed E-state index contributed by atoms with van der Waals surface area (Å²) in [5.41, 5.74) is 4.80. The van der Waals surface area contributed by atoms with E-state index in [2.05, 4.69) is 5.32 Å². The molecule has 90 valence electrons. The highest BCUT2D eigenvalue weighted by Gasteiger charge is 2.23. The third-order valence-electron chi connectivity index (χ3n) is 2.12. The molecule has 0 aliphatic rings. The zero-order valence-electron chi connectivity index (χ0n) is 9.91. The molecule has 0 radical (unpaired) electrons. The molecule has 0 saturated heterocycles. The molecule has 0 fully saturated rings. The lowest BCUT2D eigenvalue weighted by Gasteiger charge is -2.24. The first kappa shape index (κ1) is 14.7. The predicted octanol–water partition coefficient (Wildman–Crippen LogP) is 0.200. The number of nitrogens with one attached hydrogen (secondary N) is 1. The van der Waals surface area contributed by atoms with Crippen LogP contribution >= 0.6 is 11.8 Å². The van der Waals surface area contributed by atoms with Gasteiger partial charge in [0.05, 0.1) is 11.6 Å². The number of nitrogens with two attached hydrogens (primary N) is 1. The molecule has 4 N–H and O–H groups in total. The van der Waals surface area contributed by atoms with Gasteiger partial charge >= 0.3 is 0 Å². The van der Waals surface area contributed by atoms with Crippen LogP contribution in [0.25, 0.3) is 0 Å². The van der Waals surface area contributed by atoms with Crippen molar-refractivity contribution >= 4 is 17.7 Å². The molecular weight excluding hydrogens is 212 g/mol. The van der Waals surface area contributed by atoms with E-state index in [-0.39, 0.29) is 18.4 Å². The van der Waals surface area contributed by atoms with Gasteiger partial charge in [-0.25, -0.2) is 0 Å². The molecule has 5 heteroatoms. The van der Waals surface area contributed by atoms with E-state index in [0.717, 1.165) is 0 Å². The number of aliphatic hydroxyl groups is 1. The van der Waals surface area contributed by atoms with E-state index in [4.69, 9.17) is 5.73 Å². The second-order valence-electron chi connectivity index (χ2n) is 4.42. The quantitative estimate of drug-likeness (QED) is 0.614. The van der Waals surface area contributed by atoms with Crippen molar-refractivity contribution in [3.63, 3.8) is 0 Å². The largest absolute Gasteiger partial charge is 0.387 e. The van der Waals surface area contributed by atoms with Crippen LogP contribution in [-0.2, 0) is 4.79 Å². The molecule has 1 amide bonds. The molecule has 0 aromatic heterocycles. The predicted molar refractivity (Wildman–Crippen MR) is 64.8 cm³/mol. The molecule has 4 nitrogen and oxygen atoms in total. The molecule has 0 heterocycles. The highest BCUT2D eigenvalue weighted by molar-refractivity contribution is 7.98. The van der Waals surface area contributed by atoms with Crippen molar-refractivity contribution in [3.8, 4) is 0 Å². The summed E-state index contributed by atoms with van der Waals surface area (Å²) < 4.78 is 0. The number of carbonyl (C=O) groups excluding carboxylic acids is 1. The average molecular weight is 234 g/mol. The summed E-state index contributed by atoms with van der Waals surface area (Å²) in [6, 6.07) is -0.505. The normalized spacial score (nSPS) is 17.3. The summed E-state index contributed by atoms with van der Waals surface area (Å²) in [6.45, 7) is 5.73. The molecule has 0 spiro atoms. The Labute approximate surface area is 96.0 Å². The van der Waals surface area contributed by atoms with Crippen LogP contribution in [0.2, 0.25) is 0 Å². The summed E-state index contributed by atoms with van der Waals surface area (Å²) in [5.74, 6) is 0.492. The van der Waals surface area contributed by atoms with Crippen LogP contribution in [0.1, 0.15) is 20.8 Å². The van der Waals surface area contributed by atoms with E-state index in [9.17, 15) is 9.90 Å². The molecule has 0 aromatic rings. The first-order valence-corrected chi connectivity index (χ1v) is 6.44. The Morgan fingerprint density at radius 1 is 1.60 bits per heavy atom. The number of thioether (sulfide) groups is 1. The number of amides is 1. The summed E-state index contributed by atoms with van der Waals surface area (Å²) in [7, 11) is 0. The van der Waals surface area contributed by atoms with Gasteiger partial charge in [-0.05, 0) is 19.1 Å². The van der Waals surface area contributed by atoms with Crippen molar-refractivity contribution in [2.45, 2.75) is 32.4 Å². The Hall–Kier alpha value is -0.260. The van der Waals surface area contributed by atoms with Crippen LogP contribution in [0.5, 0.6) is 0 Å².